The number of fused-ring (bicyclic) bond motifs is 1. The maximum atomic E-state index is 13.3. The highest BCUT2D eigenvalue weighted by atomic mass is 32.2. The summed E-state index contributed by atoms with van der Waals surface area (Å²) in [6, 6.07) is 12.0. The number of sulfonamides is 1. The predicted octanol–water partition coefficient (Wildman–Crippen LogP) is 3.48. The number of hydrogen-bond acceptors (Lipinski definition) is 6. The van der Waals surface area contributed by atoms with Gasteiger partial charge in [0, 0.05) is 44.9 Å². The zero-order valence-corrected chi connectivity index (χ0v) is 20.3. The van der Waals surface area contributed by atoms with Crippen molar-refractivity contribution >= 4 is 26.8 Å². The van der Waals surface area contributed by atoms with Crippen LogP contribution in [0.4, 0.5) is 0 Å². The third kappa shape index (κ3) is 5.27. The summed E-state index contributed by atoms with van der Waals surface area (Å²) >= 11 is 0. The van der Waals surface area contributed by atoms with Gasteiger partial charge in [-0.3, -0.25) is 9.78 Å². The van der Waals surface area contributed by atoms with Crippen LogP contribution in [0, 0.1) is 5.92 Å². The minimum absolute atomic E-state index is 0.176. The van der Waals surface area contributed by atoms with Crippen molar-refractivity contribution in [2.45, 2.75) is 31.1 Å². The number of piperidine rings is 1. The molecule has 1 aromatic carbocycles. The van der Waals surface area contributed by atoms with Crippen LogP contribution in [-0.2, 0) is 14.8 Å². The molecule has 0 saturated carbocycles. The smallest absolute Gasteiger partial charge is 0.252 e. The molecule has 0 aliphatic carbocycles. The quantitative estimate of drug-likeness (QED) is 0.493. The number of hydrogen-bond donors (Lipinski definition) is 1. The topological polar surface area (TPSA) is 101 Å². The maximum Gasteiger partial charge on any atom is 0.252 e. The van der Waals surface area contributed by atoms with E-state index in [1.165, 1.54) is 4.31 Å². The fraction of sp³-hybridized carbons (Fsp3) is 0.400. The molecule has 1 amide bonds. The Morgan fingerprint density at radius 2 is 1.94 bits per heavy atom. The summed E-state index contributed by atoms with van der Waals surface area (Å²) in [6.07, 6.45) is 4.03. The van der Waals surface area contributed by atoms with E-state index in [1.807, 2.05) is 18.2 Å². The standard InChI is InChI=1S/C25H30N4O4S/c1-18-9-13-29(14-10-18)34(31,32)19-7-8-22-20(16-19)21(25(30)27-12-5-15-33-2)17-24(28-22)23-6-3-4-11-26-23/h3-4,6-8,11,16-18H,5,9-10,12-15H2,1-2H3,(H,27,30). The van der Waals surface area contributed by atoms with Crippen LogP contribution in [0.3, 0.4) is 0 Å². The molecule has 1 fully saturated rings. The first-order chi connectivity index (χ1) is 16.4. The van der Waals surface area contributed by atoms with Crippen LogP contribution in [0.25, 0.3) is 22.3 Å². The number of carbonyl (C=O) groups excluding carboxylic acids is 1. The molecule has 0 unspecified atom stereocenters. The molecule has 0 atom stereocenters. The molecule has 1 saturated heterocycles. The second-order valence-electron chi connectivity index (χ2n) is 8.64. The summed E-state index contributed by atoms with van der Waals surface area (Å²) in [7, 11) is -2.05. The van der Waals surface area contributed by atoms with E-state index in [-0.39, 0.29) is 10.8 Å². The first-order valence-corrected chi connectivity index (χ1v) is 13.0. The first-order valence-electron chi connectivity index (χ1n) is 11.5. The van der Waals surface area contributed by atoms with Crippen molar-refractivity contribution in [3.63, 3.8) is 0 Å². The first kappa shape index (κ1) is 24.3. The monoisotopic (exact) mass is 482 g/mol. The van der Waals surface area contributed by atoms with E-state index in [2.05, 4.69) is 22.2 Å². The number of benzene rings is 1. The van der Waals surface area contributed by atoms with E-state index >= 15 is 0 Å². The van der Waals surface area contributed by atoms with Crippen molar-refractivity contribution in [1.29, 1.82) is 0 Å². The normalized spacial score (nSPS) is 15.5. The Morgan fingerprint density at radius 1 is 1.15 bits per heavy atom. The molecular formula is C25H30N4O4S. The third-order valence-electron chi connectivity index (χ3n) is 6.14. The van der Waals surface area contributed by atoms with Crippen molar-refractivity contribution in [3.05, 3.63) is 54.2 Å². The second-order valence-corrected chi connectivity index (χ2v) is 10.6. The lowest BCUT2D eigenvalue weighted by atomic mass is 10.0. The summed E-state index contributed by atoms with van der Waals surface area (Å²) in [5.41, 5.74) is 2.09. The molecule has 1 aliphatic heterocycles. The van der Waals surface area contributed by atoms with E-state index in [9.17, 15) is 13.2 Å². The van der Waals surface area contributed by atoms with E-state index < -0.39 is 10.0 Å². The van der Waals surface area contributed by atoms with E-state index in [0.717, 1.165) is 12.8 Å². The number of nitrogens with one attached hydrogen (secondary N) is 1. The van der Waals surface area contributed by atoms with Gasteiger partial charge in [0.05, 0.1) is 27.4 Å². The Labute approximate surface area is 200 Å². The minimum Gasteiger partial charge on any atom is -0.385 e. The fourth-order valence-corrected chi connectivity index (χ4v) is 5.58. The molecular weight excluding hydrogens is 452 g/mol. The zero-order chi connectivity index (χ0) is 24.1. The van der Waals surface area contributed by atoms with Crippen LogP contribution < -0.4 is 5.32 Å². The Hall–Kier alpha value is -2.88. The Balaban J connectivity index is 1.75. The number of ether oxygens (including phenoxy) is 1. The number of amides is 1. The van der Waals surface area contributed by atoms with Gasteiger partial charge in [-0.1, -0.05) is 13.0 Å². The van der Waals surface area contributed by atoms with E-state index in [0.29, 0.717) is 66.4 Å². The van der Waals surface area contributed by atoms with Crippen molar-refractivity contribution in [1.82, 2.24) is 19.6 Å². The molecule has 3 aromatic rings. The van der Waals surface area contributed by atoms with Gasteiger partial charge < -0.3 is 10.1 Å². The molecule has 0 bridgehead atoms. The average Bonchev–Trinajstić information content (AvgIpc) is 2.86. The van der Waals surface area contributed by atoms with Crippen LogP contribution in [0.2, 0.25) is 0 Å². The summed E-state index contributed by atoms with van der Waals surface area (Å²) in [5.74, 6) is 0.229. The van der Waals surface area contributed by atoms with Gasteiger partial charge >= 0.3 is 0 Å². The number of pyridine rings is 2. The van der Waals surface area contributed by atoms with Crippen molar-refractivity contribution < 1.29 is 17.9 Å². The van der Waals surface area contributed by atoms with Gasteiger partial charge in [0.15, 0.2) is 0 Å². The third-order valence-corrected chi connectivity index (χ3v) is 8.04. The molecule has 1 N–H and O–H groups in total. The molecule has 4 rings (SSSR count). The molecule has 1 aliphatic rings. The minimum atomic E-state index is -3.66. The van der Waals surface area contributed by atoms with Crippen molar-refractivity contribution in [3.8, 4) is 11.4 Å². The number of methoxy groups -OCH3 is 1. The molecule has 0 radical (unpaired) electrons. The van der Waals surface area contributed by atoms with Gasteiger partial charge in [-0.2, -0.15) is 4.31 Å². The van der Waals surface area contributed by atoms with Gasteiger partial charge in [-0.05, 0) is 61.6 Å². The lowest BCUT2D eigenvalue weighted by Crippen LogP contribution is -2.37. The number of rotatable bonds is 8. The lowest BCUT2D eigenvalue weighted by Gasteiger charge is -2.29. The molecule has 3 heterocycles. The molecule has 0 spiro atoms. The Kier molecular flexibility index (Phi) is 7.55. The van der Waals surface area contributed by atoms with Crippen LogP contribution >= 0.6 is 0 Å². The van der Waals surface area contributed by atoms with E-state index in [1.54, 1.807) is 37.6 Å². The van der Waals surface area contributed by atoms with Gasteiger partial charge in [-0.15, -0.1) is 0 Å². The Morgan fingerprint density at radius 3 is 2.65 bits per heavy atom. The lowest BCUT2D eigenvalue weighted by molar-refractivity contribution is 0.0950. The van der Waals surface area contributed by atoms with Crippen molar-refractivity contribution in [2.24, 2.45) is 5.92 Å². The summed E-state index contributed by atoms with van der Waals surface area (Å²) in [4.78, 5) is 22.3. The number of carbonyl (C=O) groups is 1. The summed E-state index contributed by atoms with van der Waals surface area (Å²) in [6.45, 7) is 4.13. The maximum absolute atomic E-state index is 13.3. The molecule has 2 aromatic heterocycles. The molecule has 180 valence electrons. The van der Waals surface area contributed by atoms with Crippen LogP contribution in [-0.4, -0.2) is 61.9 Å². The highest BCUT2D eigenvalue weighted by Gasteiger charge is 2.28. The van der Waals surface area contributed by atoms with Gasteiger partial charge in [0.2, 0.25) is 10.0 Å². The highest BCUT2D eigenvalue weighted by Crippen LogP contribution is 2.29. The van der Waals surface area contributed by atoms with Crippen LogP contribution in [0.1, 0.15) is 36.5 Å². The van der Waals surface area contributed by atoms with Gasteiger partial charge in [0.25, 0.3) is 5.91 Å². The SMILES string of the molecule is COCCCNC(=O)c1cc(-c2ccccn2)nc2ccc(S(=O)(=O)N3CCC(C)CC3)cc12. The zero-order valence-electron chi connectivity index (χ0n) is 19.5. The van der Waals surface area contributed by atoms with Gasteiger partial charge in [-0.25, -0.2) is 13.4 Å². The van der Waals surface area contributed by atoms with E-state index in [4.69, 9.17) is 4.74 Å². The van der Waals surface area contributed by atoms with Crippen LogP contribution in [0.15, 0.2) is 53.6 Å². The summed E-state index contributed by atoms with van der Waals surface area (Å²) < 4.78 is 33.3. The average molecular weight is 483 g/mol. The number of aromatic nitrogens is 2. The van der Waals surface area contributed by atoms with Crippen molar-refractivity contribution in [2.75, 3.05) is 33.4 Å². The van der Waals surface area contributed by atoms with Gasteiger partial charge in [0.1, 0.15) is 0 Å². The molecule has 9 heteroatoms. The predicted molar refractivity (Wildman–Crippen MR) is 131 cm³/mol. The van der Waals surface area contributed by atoms with Crippen LogP contribution in [0.5, 0.6) is 0 Å². The summed E-state index contributed by atoms with van der Waals surface area (Å²) in [5, 5.41) is 3.40. The highest BCUT2D eigenvalue weighted by molar-refractivity contribution is 7.89. The fourth-order valence-electron chi connectivity index (χ4n) is 4.09. The molecule has 34 heavy (non-hydrogen) atoms. The number of nitrogens with zero attached hydrogens (tertiary/aromatic N) is 3. The second kappa shape index (κ2) is 10.6. The Bertz CT molecular complexity index is 1260. The molecule has 8 nitrogen and oxygen atoms in total. The largest absolute Gasteiger partial charge is 0.385 e.